The first kappa shape index (κ1) is 17.7. The normalized spacial score (nSPS) is 27.5. The molecule has 7 nitrogen and oxygen atoms in total. The Hall–Kier alpha value is -3.86. The van der Waals surface area contributed by atoms with Crippen LogP contribution >= 0.6 is 0 Å². The van der Waals surface area contributed by atoms with Gasteiger partial charge in [-0.05, 0) is 24.6 Å². The Morgan fingerprint density at radius 1 is 1.09 bits per heavy atom. The SMILES string of the molecule is C[C@@]12O[C@@H](C[C@]1(O)C#N)n1c3ccccc3c3c4c(c5c6ccccc6n2c5c31)CNC4=O. The van der Waals surface area contributed by atoms with Gasteiger partial charge in [-0.3, -0.25) is 4.79 Å². The van der Waals surface area contributed by atoms with E-state index in [0.717, 1.165) is 49.2 Å². The van der Waals surface area contributed by atoms with E-state index in [0.29, 0.717) is 12.1 Å². The number of fused-ring (bicyclic) bond motifs is 13. The van der Waals surface area contributed by atoms with Crippen LogP contribution in [0.1, 0.15) is 35.5 Å². The van der Waals surface area contributed by atoms with Crippen molar-refractivity contribution in [2.24, 2.45) is 0 Å². The maximum absolute atomic E-state index is 13.2. The molecule has 7 heteroatoms. The number of aromatic nitrogens is 2. The molecule has 0 saturated carbocycles. The second-order valence-corrected chi connectivity index (χ2v) is 9.45. The van der Waals surface area contributed by atoms with Gasteiger partial charge < -0.3 is 24.3 Å². The third kappa shape index (κ3) is 1.68. The van der Waals surface area contributed by atoms with Gasteiger partial charge >= 0.3 is 0 Å². The van der Waals surface area contributed by atoms with Crippen LogP contribution in [-0.4, -0.2) is 25.7 Å². The van der Waals surface area contributed by atoms with Crippen molar-refractivity contribution in [1.82, 2.24) is 14.5 Å². The molecule has 160 valence electrons. The molecular weight excluding hydrogens is 416 g/mol. The number of rotatable bonds is 0. The van der Waals surface area contributed by atoms with Crippen LogP contribution < -0.4 is 5.32 Å². The summed E-state index contributed by atoms with van der Waals surface area (Å²) in [5, 5.41) is 28.6. The number of nitrogens with zero attached hydrogens (tertiary/aromatic N) is 3. The predicted octanol–water partition coefficient (Wildman–Crippen LogP) is 4.01. The molecule has 5 aromatic rings. The lowest BCUT2D eigenvalue weighted by Gasteiger charge is -2.35. The van der Waals surface area contributed by atoms with E-state index in [9.17, 15) is 15.2 Å². The Balaban J connectivity index is 1.79. The summed E-state index contributed by atoms with van der Waals surface area (Å²) in [5.41, 5.74) is 2.27. The van der Waals surface area contributed by atoms with Crippen molar-refractivity contribution in [3.8, 4) is 6.07 Å². The van der Waals surface area contributed by atoms with Crippen LogP contribution in [0.15, 0.2) is 48.5 Å². The molecular formula is C26H18N4O3. The van der Waals surface area contributed by atoms with E-state index in [4.69, 9.17) is 4.74 Å². The molecule has 0 aliphatic carbocycles. The number of nitriles is 1. The van der Waals surface area contributed by atoms with Gasteiger partial charge in [0.15, 0.2) is 5.72 Å². The lowest BCUT2D eigenvalue weighted by molar-refractivity contribution is -0.157. The van der Waals surface area contributed by atoms with Gasteiger partial charge in [-0.1, -0.05) is 36.4 Å². The Bertz CT molecular complexity index is 1810. The van der Waals surface area contributed by atoms with Crippen LogP contribution in [0.5, 0.6) is 0 Å². The molecule has 3 atom stereocenters. The second kappa shape index (κ2) is 5.20. The zero-order valence-electron chi connectivity index (χ0n) is 17.7. The van der Waals surface area contributed by atoms with Crippen molar-refractivity contribution in [1.29, 1.82) is 5.26 Å². The van der Waals surface area contributed by atoms with Crippen LogP contribution in [-0.2, 0) is 17.0 Å². The number of amides is 1. The molecule has 3 aliphatic rings. The average Bonchev–Trinajstić information content (AvgIpc) is 3.51. The van der Waals surface area contributed by atoms with Gasteiger partial charge in [0, 0.05) is 34.5 Å². The first-order chi connectivity index (χ1) is 16.0. The summed E-state index contributed by atoms with van der Waals surface area (Å²) >= 11 is 0. The summed E-state index contributed by atoms with van der Waals surface area (Å²) in [6.45, 7) is 2.25. The molecule has 5 heterocycles. The summed E-state index contributed by atoms with van der Waals surface area (Å²) in [5.74, 6) is -0.0679. The first-order valence-electron chi connectivity index (χ1n) is 11.1. The smallest absolute Gasteiger partial charge is 0.252 e. The van der Waals surface area contributed by atoms with Gasteiger partial charge in [0.2, 0.25) is 5.60 Å². The van der Waals surface area contributed by atoms with Crippen molar-refractivity contribution in [2.75, 3.05) is 0 Å². The molecule has 1 fully saturated rings. The minimum atomic E-state index is -1.73. The quantitative estimate of drug-likeness (QED) is 0.360. The minimum absolute atomic E-state index is 0.0679. The Morgan fingerprint density at radius 3 is 2.55 bits per heavy atom. The van der Waals surface area contributed by atoms with Crippen molar-refractivity contribution in [3.63, 3.8) is 0 Å². The summed E-state index contributed by atoms with van der Waals surface area (Å²) in [6, 6.07) is 18.1. The number of carbonyl (C=O) groups is 1. The maximum atomic E-state index is 13.2. The van der Waals surface area contributed by atoms with Gasteiger partial charge in [0.25, 0.3) is 5.91 Å². The number of hydrogen-bond donors (Lipinski definition) is 2. The van der Waals surface area contributed by atoms with Crippen LogP contribution in [0.3, 0.4) is 0 Å². The van der Waals surface area contributed by atoms with E-state index in [1.54, 1.807) is 6.92 Å². The third-order valence-electron chi connectivity index (χ3n) is 8.02. The number of ether oxygens (including phenoxy) is 1. The summed E-state index contributed by atoms with van der Waals surface area (Å²) < 4.78 is 10.7. The summed E-state index contributed by atoms with van der Waals surface area (Å²) in [4.78, 5) is 13.2. The largest absolute Gasteiger partial charge is 0.371 e. The Labute approximate surface area is 187 Å². The van der Waals surface area contributed by atoms with Crippen molar-refractivity contribution in [2.45, 2.75) is 37.4 Å². The van der Waals surface area contributed by atoms with Crippen LogP contribution in [0, 0.1) is 11.3 Å². The maximum Gasteiger partial charge on any atom is 0.252 e. The van der Waals surface area contributed by atoms with E-state index in [-0.39, 0.29) is 12.3 Å². The van der Waals surface area contributed by atoms with E-state index in [1.807, 2.05) is 53.1 Å². The first-order valence-corrected chi connectivity index (χ1v) is 11.1. The number of hydrogen-bond acceptors (Lipinski definition) is 4. The van der Waals surface area contributed by atoms with Crippen molar-refractivity contribution >= 4 is 49.5 Å². The number of benzene rings is 3. The fourth-order valence-corrected chi connectivity index (χ4v) is 6.60. The van der Waals surface area contributed by atoms with Gasteiger partial charge in [-0.25, -0.2) is 0 Å². The van der Waals surface area contributed by atoms with Gasteiger partial charge in [0.1, 0.15) is 12.3 Å². The van der Waals surface area contributed by atoms with Crippen LogP contribution in [0.4, 0.5) is 0 Å². The molecule has 2 aromatic heterocycles. The fraction of sp³-hybridized carbons (Fsp3) is 0.231. The summed E-state index contributed by atoms with van der Waals surface area (Å²) in [6.07, 6.45) is -0.420. The Kier molecular flexibility index (Phi) is 2.78. The van der Waals surface area contributed by atoms with E-state index in [2.05, 4.69) is 16.0 Å². The summed E-state index contributed by atoms with van der Waals surface area (Å²) in [7, 11) is 0. The molecule has 0 spiro atoms. The molecule has 2 N–H and O–H groups in total. The lowest BCUT2D eigenvalue weighted by atomic mass is 9.90. The monoisotopic (exact) mass is 434 g/mol. The minimum Gasteiger partial charge on any atom is -0.371 e. The van der Waals surface area contributed by atoms with Gasteiger partial charge in [-0.2, -0.15) is 5.26 Å². The molecule has 1 amide bonds. The van der Waals surface area contributed by atoms with E-state index >= 15 is 0 Å². The fourth-order valence-electron chi connectivity index (χ4n) is 6.60. The molecule has 3 aromatic carbocycles. The zero-order chi connectivity index (χ0) is 22.3. The van der Waals surface area contributed by atoms with E-state index in [1.165, 1.54) is 0 Å². The highest BCUT2D eigenvalue weighted by molar-refractivity contribution is 6.31. The Morgan fingerprint density at radius 2 is 1.79 bits per heavy atom. The van der Waals surface area contributed by atoms with Crippen molar-refractivity contribution < 1.29 is 14.6 Å². The molecule has 8 rings (SSSR count). The lowest BCUT2D eigenvalue weighted by Crippen LogP contribution is -2.49. The average molecular weight is 434 g/mol. The van der Waals surface area contributed by atoms with Crippen LogP contribution in [0.2, 0.25) is 0 Å². The molecule has 2 bridgehead atoms. The molecule has 1 saturated heterocycles. The zero-order valence-corrected chi connectivity index (χ0v) is 17.7. The highest BCUT2D eigenvalue weighted by Crippen LogP contribution is 2.57. The standard InChI is InChI=1S/C26H18N4O3/c1-25-26(32,12-27)10-18(33-25)29-16-8-4-2-6-13(16)20-21-15(11-28-24(21)31)19-14-7-3-5-9-17(14)30(25)23(19)22(20)29/h2-9,18,32H,10-11H2,1H3,(H,28,31)/t18-,25+,26-/m0/s1. The number of carbonyl (C=O) groups excluding carboxylic acids is 1. The van der Waals surface area contributed by atoms with Gasteiger partial charge in [0.05, 0.1) is 27.6 Å². The molecule has 0 radical (unpaired) electrons. The van der Waals surface area contributed by atoms with Crippen LogP contribution in [0.25, 0.3) is 43.6 Å². The number of aliphatic hydroxyl groups is 1. The predicted molar refractivity (Wildman–Crippen MR) is 123 cm³/mol. The molecule has 3 aliphatic heterocycles. The molecule has 33 heavy (non-hydrogen) atoms. The van der Waals surface area contributed by atoms with Gasteiger partial charge in [-0.15, -0.1) is 0 Å². The number of nitrogens with one attached hydrogen (secondary N) is 1. The topological polar surface area (TPSA) is 92.2 Å². The second-order valence-electron chi connectivity index (χ2n) is 9.45. The highest BCUT2D eigenvalue weighted by Gasteiger charge is 2.61. The molecule has 0 unspecified atom stereocenters. The van der Waals surface area contributed by atoms with E-state index < -0.39 is 17.6 Å². The van der Waals surface area contributed by atoms with Crippen molar-refractivity contribution in [3.05, 3.63) is 59.7 Å². The number of para-hydroxylation sites is 2. The highest BCUT2D eigenvalue weighted by atomic mass is 16.6. The third-order valence-corrected chi connectivity index (χ3v) is 8.02.